The summed E-state index contributed by atoms with van der Waals surface area (Å²) in [6.45, 7) is 29.2. The monoisotopic (exact) mass is 704 g/mol. The van der Waals surface area contributed by atoms with Gasteiger partial charge >= 0.3 is 17.2 Å². The van der Waals surface area contributed by atoms with Crippen LogP contribution in [0.2, 0.25) is 0 Å². The molecule has 12 heteroatoms. The van der Waals surface area contributed by atoms with Crippen LogP contribution >= 0.6 is 17.2 Å². The Kier molecular flexibility index (Phi) is 17.1. The van der Waals surface area contributed by atoms with Gasteiger partial charge in [-0.25, -0.2) is 0 Å². The standard InChI is InChI=1S/C35H56O4.2H3O3P/c1-22-15-27(33(9,10)11)24(17-25(22)31(3,4)5)30(35(19-36,20-37)21-38)39-29-18-26(32(6,7)8)23(2)16-28(29)34(12,13)14;2*1-4(2)3/h15-18,30,36-38H,19-21H2,1-14H3;2*1-3H. The largest absolute Gasteiger partial charge is 0.485 e. The van der Waals surface area contributed by atoms with Crippen LogP contribution in [0.25, 0.3) is 0 Å². The van der Waals surface area contributed by atoms with Crippen molar-refractivity contribution in [1.29, 1.82) is 0 Å². The Hall–Kier alpha value is -1.26. The molecule has 0 saturated carbocycles. The van der Waals surface area contributed by atoms with Gasteiger partial charge in [-0.15, -0.1) is 0 Å². The van der Waals surface area contributed by atoms with E-state index in [1.54, 1.807) is 0 Å². The summed E-state index contributed by atoms with van der Waals surface area (Å²) in [6, 6.07) is 8.76. The molecule has 9 N–H and O–H groups in total. The molecule has 2 rings (SSSR count). The normalized spacial score (nSPS) is 13.6. The van der Waals surface area contributed by atoms with Crippen LogP contribution in [0.15, 0.2) is 24.3 Å². The van der Waals surface area contributed by atoms with Crippen molar-refractivity contribution in [1.82, 2.24) is 0 Å². The van der Waals surface area contributed by atoms with Crippen molar-refractivity contribution in [2.24, 2.45) is 5.41 Å². The first-order valence-corrected chi connectivity index (χ1v) is 17.9. The summed E-state index contributed by atoms with van der Waals surface area (Å²) in [5.41, 5.74) is 5.82. The third-order valence-electron chi connectivity index (χ3n) is 7.98. The molecule has 0 bridgehead atoms. The van der Waals surface area contributed by atoms with Crippen LogP contribution < -0.4 is 4.74 Å². The maximum Gasteiger partial charge on any atom is 0.324 e. The minimum Gasteiger partial charge on any atom is -0.485 e. The van der Waals surface area contributed by atoms with Crippen molar-refractivity contribution in [2.75, 3.05) is 19.8 Å². The second-order valence-corrected chi connectivity index (χ2v) is 17.4. The predicted molar refractivity (Wildman–Crippen MR) is 191 cm³/mol. The van der Waals surface area contributed by atoms with Crippen LogP contribution in [0.3, 0.4) is 0 Å². The number of benzene rings is 2. The fourth-order valence-electron chi connectivity index (χ4n) is 5.62. The Bertz CT molecular complexity index is 1240. The third-order valence-corrected chi connectivity index (χ3v) is 7.98. The summed E-state index contributed by atoms with van der Waals surface area (Å²) in [4.78, 5) is 43.4. The summed E-state index contributed by atoms with van der Waals surface area (Å²) in [5.74, 6) is 0.723. The Labute approximate surface area is 285 Å². The van der Waals surface area contributed by atoms with Gasteiger partial charge < -0.3 is 49.4 Å². The Morgan fingerprint density at radius 1 is 0.511 bits per heavy atom. The van der Waals surface area contributed by atoms with Crippen LogP contribution in [0.1, 0.15) is 128 Å². The van der Waals surface area contributed by atoms with E-state index in [1.807, 2.05) is 0 Å². The predicted octanol–water partition coefficient (Wildman–Crippen LogP) is 5.96. The lowest BCUT2D eigenvalue weighted by Crippen LogP contribution is -2.44. The molecule has 0 aromatic heterocycles. The molecule has 2 aromatic rings. The molecule has 0 radical (unpaired) electrons. The zero-order valence-corrected chi connectivity index (χ0v) is 32.6. The van der Waals surface area contributed by atoms with Crippen molar-refractivity contribution < 1.29 is 49.4 Å². The van der Waals surface area contributed by atoms with Crippen molar-refractivity contribution in [3.05, 3.63) is 63.2 Å². The molecule has 0 aliphatic heterocycles. The van der Waals surface area contributed by atoms with E-state index in [9.17, 15) is 15.3 Å². The fraction of sp³-hybridized carbons (Fsp3) is 0.657. The molecule has 0 saturated heterocycles. The van der Waals surface area contributed by atoms with Crippen LogP contribution in [0.5, 0.6) is 5.75 Å². The van der Waals surface area contributed by atoms with Crippen molar-refractivity contribution in [2.45, 2.75) is 125 Å². The quantitative estimate of drug-likeness (QED) is 0.156. The molecule has 272 valence electrons. The highest BCUT2D eigenvalue weighted by Crippen LogP contribution is 2.47. The van der Waals surface area contributed by atoms with Gasteiger partial charge in [-0.05, 0) is 80.5 Å². The highest BCUT2D eigenvalue weighted by atomic mass is 31.2. The molecule has 0 fully saturated rings. The van der Waals surface area contributed by atoms with E-state index in [1.165, 1.54) is 22.3 Å². The summed E-state index contributed by atoms with van der Waals surface area (Å²) in [7, 11) is -5.24. The van der Waals surface area contributed by atoms with E-state index in [2.05, 4.69) is 121 Å². The zero-order chi connectivity index (χ0) is 37.5. The lowest BCUT2D eigenvalue weighted by atomic mass is 9.71. The average molecular weight is 705 g/mol. The summed E-state index contributed by atoms with van der Waals surface area (Å²) in [5, 5.41) is 32.2. The van der Waals surface area contributed by atoms with Gasteiger partial charge in [-0.2, -0.15) is 0 Å². The number of aryl methyl sites for hydroxylation is 2. The summed E-state index contributed by atoms with van der Waals surface area (Å²) < 4.78 is 7.05. The van der Waals surface area contributed by atoms with E-state index in [0.29, 0.717) is 0 Å². The van der Waals surface area contributed by atoms with Crippen LogP contribution in [0, 0.1) is 19.3 Å². The molecular weight excluding hydrogens is 642 g/mol. The van der Waals surface area contributed by atoms with Crippen molar-refractivity contribution in [3.8, 4) is 5.75 Å². The SMILES string of the molecule is Cc1cc(C(C)(C)C)c(OC(c2cc(C(C)(C)C)c(C)cc2C(C)(C)C)C(CO)(CO)CO)cc1C(C)(C)C.OP(O)O.OP(O)O. The van der Waals surface area contributed by atoms with Gasteiger partial charge in [0.15, 0.2) is 0 Å². The number of rotatable bonds is 7. The molecule has 0 heterocycles. The van der Waals surface area contributed by atoms with E-state index >= 15 is 0 Å². The van der Waals surface area contributed by atoms with Crippen LogP contribution in [-0.2, 0) is 21.7 Å². The van der Waals surface area contributed by atoms with E-state index in [-0.39, 0.29) is 21.7 Å². The minimum absolute atomic E-state index is 0.101. The molecular formula is C35H62O10P2. The molecule has 47 heavy (non-hydrogen) atoms. The molecule has 0 spiro atoms. The Morgan fingerprint density at radius 3 is 1.11 bits per heavy atom. The zero-order valence-electron chi connectivity index (χ0n) is 30.8. The van der Waals surface area contributed by atoms with Crippen molar-refractivity contribution in [3.63, 3.8) is 0 Å². The van der Waals surface area contributed by atoms with Gasteiger partial charge in [-0.3, -0.25) is 0 Å². The van der Waals surface area contributed by atoms with E-state index in [0.717, 1.165) is 22.4 Å². The molecule has 0 aliphatic carbocycles. The number of ether oxygens (including phenoxy) is 1. The highest BCUT2D eigenvalue weighted by Gasteiger charge is 2.44. The Morgan fingerprint density at radius 2 is 0.809 bits per heavy atom. The van der Waals surface area contributed by atoms with Crippen LogP contribution in [-0.4, -0.2) is 64.5 Å². The number of aliphatic hydroxyl groups is 3. The molecule has 10 nitrogen and oxygen atoms in total. The van der Waals surface area contributed by atoms with Crippen molar-refractivity contribution >= 4 is 17.2 Å². The lowest BCUT2D eigenvalue weighted by molar-refractivity contribution is -0.0752. The van der Waals surface area contributed by atoms with Gasteiger partial charge in [0, 0.05) is 0 Å². The number of aliphatic hydroxyl groups excluding tert-OH is 3. The van der Waals surface area contributed by atoms with Gasteiger partial charge in [-0.1, -0.05) is 101 Å². The second-order valence-electron chi connectivity index (χ2n) is 16.3. The van der Waals surface area contributed by atoms with Gasteiger partial charge in [0.05, 0.1) is 25.2 Å². The highest BCUT2D eigenvalue weighted by molar-refractivity contribution is 7.38. The molecule has 0 amide bonds. The maximum absolute atomic E-state index is 10.7. The smallest absolute Gasteiger partial charge is 0.324 e. The molecule has 0 aliphatic rings. The Balaban J connectivity index is 0.00000236. The van der Waals surface area contributed by atoms with E-state index in [4.69, 9.17) is 34.1 Å². The number of hydrogen-bond donors (Lipinski definition) is 9. The van der Waals surface area contributed by atoms with Gasteiger partial charge in [0.2, 0.25) is 0 Å². The van der Waals surface area contributed by atoms with Crippen LogP contribution in [0.4, 0.5) is 0 Å². The topological polar surface area (TPSA) is 191 Å². The first-order valence-electron chi connectivity index (χ1n) is 15.5. The lowest BCUT2D eigenvalue weighted by Gasteiger charge is -2.41. The average Bonchev–Trinajstić information content (AvgIpc) is 2.86. The maximum atomic E-state index is 10.7. The summed E-state index contributed by atoms with van der Waals surface area (Å²) >= 11 is 0. The first kappa shape index (κ1) is 45.7. The molecule has 1 atom stereocenters. The number of hydrogen-bond acceptors (Lipinski definition) is 10. The van der Waals surface area contributed by atoms with E-state index < -0.39 is 48.5 Å². The summed E-state index contributed by atoms with van der Waals surface area (Å²) in [6.07, 6.45) is -0.787. The third kappa shape index (κ3) is 13.5. The van der Waals surface area contributed by atoms with Gasteiger partial charge in [0.25, 0.3) is 0 Å². The first-order chi connectivity index (χ1) is 21.0. The van der Waals surface area contributed by atoms with Gasteiger partial charge in [0.1, 0.15) is 11.9 Å². The molecule has 1 unspecified atom stereocenters. The second kappa shape index (κ2) is 17.6. The fourth-order valence-corrected chi connectivity index (χ4v) is 5.62. The molecule has 2 aromatic carbocycles. The minimum atomic E-state index is -2.62.